The molecule has 0 spiro atoms. The fraction of sp³-hybridized carbons (Fsp3) is 0.588. The van der Waals surface area contributed by atoms with Crippen molar-refractivity contribution in [3.8, 4) is 0 Å². The number of carbonyl (C=O) groups is 1. The van der Waals surface area contributed by atoms with Crippen LogP contribution in [0, 0.1) is 0 Å². The van der Waals surface area contributed by atoms with E-state index in [9.17, 15) is 13.2 Å². The zero-order valence-corrected chi connectivity index (χ0v) is 15.2. The minimum atomic E-state index is -3.46. The second-order valence-corrected chi connectivity index (χ2v) is 8.40. The summed E-state index contributed by atoms with van der Waals surface area (Å²) in [5.41, 5.74) is 2.09. The van der Waals surface area contributed by atoms with Crippen molar-refractivity contribution in [2.45, 2.75) is 31.7 Å². The van der Waals surface area contributed by atoms with Crippen LogP contribution in [0.3, 0.4) is 0 Å². The molecule has 1 amide bonds. The third-order valence-corrected chi connectivity index (χ3v) is 6.95. The Bertz CT molecular complexity index is 725. The normalized spacial score (nSPS) is 20.0. The van der Waals surface area contributed by atoms with Gasteiger partial charge in [0.1, 0.15) is 0 Å². The second kappa shape index (κ2) is 6.82. The zero-order valence-electron chi connectivity index (χ0n) is 14.4. The van der Waals surface area contributed by atoms with Crippen molar-refractivity contribution in [3.05, 3.63) is 29.3 Å². The molecule has 2 aliphatic rings. The number of fused-ring (bicyclic) bond motifs is 1. The van der Waals surface area contributed by atoms with E-state index < -0.39 is 10.0 Å². The average Bonchev–Trinajstić information content (AvgIpc) is 2.60. The lowest BCUT2D eigenvalue weighted by Crippen LogP contribution is -2.48. The molecule has 7 heteroatoms. The van der Waals surface area contributed by atoms with Gasteiger partial charge < -0.3 is 9.80 Å². The summed E-state index contributed by atoms with van der Waals surface area (Å²) in [5.74, 6) is 0.0320. The van der Waals surface area contributed by atoms with Gasteiger partial charge in [0.2, 0.25) is 15.9 Å². The quantitative estimate of drug-likeness (QED) is 0.812. The predicted molar refractivity (Wildman–Crippen MR) is 92.1 cm³/mol. The van der Waals surface area contributed by atoms with Crippen LogP contribution in [-0.4, -0.2) is 67.7 Å². The van der Waals surface area contributed by atoms with E-state index in [0.29, 0.717) is 31.1 Å². The molecule has 0 N–H and O–H groups in total. The third-order valence-electron chi connectivity index (χ3n) is 5.05. The summed E-state index contributed by atoms with van der Waals surface area (Å²) < 4.78 is 27.4. The van der Waals surface area contributed by atoms with Crippen LogP contribution in [0.2, 0.25) is 0 Å². The lowest BCUT2D eigenvalue weighted by Gasteiger charge is -2.33. The van der Waals surface area contributed by atoms with Crippen LogP contribution >= 0.6 is 0 Å². The molecule has 1 aromatic carbocycles. The lowest BCUT2D eigenvalue weighted by atomic mass is 10.00. The first-order valence-electron chi connectivity index (χ1n) is 8.51. The molecule has 0 radical (unpaired) electrons. The van der Waals surface area contributed by atoms with E-state index in [1.807, 2.05) is 6.07 Å². The van der Waals surface area contributed by atoms with Crippen LogP contribution in [0.1, 0.15) is 25.0 Å². The summed E-state index contributed by atoms with van der Waals surface area (Å²) >= 11 is 0. The Hall–Kier alpha value is -1.44. The van der Waals surface area contributed by atoms with E-state index in [1.54, 1.807) is 28.3 Å². The van der Waals surface area contributed by atoms with E-state index in [0.717, 1.165) is 37.2 Å². The molecule has 6 nitrogen and oxygen atoms in total. The number of likely N-dealkylation sites (N-methyl/N-ethyl adjacent to an activating group) is 1. The number of benzene rings is 1. The molecule has 1 saturated heterocycles. The van der Waals surface area contributed by atoms with Crippen LogP contribution in [0.25, 0.3) is 0 Å². The summed E-state index contributed by atoms with van der Waals surface area (Å²) in [6.07, 6.45) is 0.782. The van der Waals surface area contributed by atoms with Crippen LogP contribution in [0.15, 0.2) is 23.1 Å². The van der Waals surface area contributed by atoms with Gasteiger partial charge in [-0.1, -0.05) is 13.0 Å². The summed E-state index contributed by atoms with van der Waals surface area (Å²) in [7, 11) is -3.46. The molecule has 24 heavy (non-hydrogen) atoms. The Kier molecular flexibility index (Phi) is 4.94. The molecule has 0 bridgehead atoms. The van der Waals surface area contributed by atoms with Crippen LogP contribution < -0.4 is 0 Å². The molecule has 1 aromatic rings. The number of piperazine rings is 1. The van der Waals surface area contributed by atoms with Gasteiger partial charge in [-0.25, -0.2) is 8.42 Å². The van der Waals surface area contributed by atoms with Crippen LogP contribution in [0.5, 0.6) is 0 Å². The minimum Gasteiger partial charge on any atom is -0.338 e. The highest BCUT2D eigenvalue weighted by molar-refractivity contribution is 7.89. The monoisotopic (exact) mass is 351 g/mol. The number of sulfonamides is 1. The van der Waals surface area contributed by atoms with Crippen molar-refractivity contribution in [2.24, 2.45) is 0 Å². The number of carbonyl (C=O) groups excluding carboxylic acids is 1. The van der Waals surface area contributed by atoms with E-state index in [4.69, 9.17) is 0 Å². The second-order valence-electron chi connectivity index (χ2n) is 6.46. The molecule has 0 atom stereocenters. The molecule has 3 rings (SSSR count). The molecule has 2 heterocycles. The number of rotatable bonds is 3. The highest BCUT2D eigenvalue weighted by Crippen LogP contribution is 2.25. The van der Waals surface area contributed by atoms with Gasteiger partial charge in [0, 0.05) is 46.2 Å². The van der Waals surface area contributed by atoms with Crippen molar-refractivity contribution in [1.82, 2.24) is 14.1 Å². The van der Waals surface area contributed by atoms with Crippen molar-refractivity contribution in [3.63, 3.8) is 0 Å². The smallest absolute Gasteiger partial charge is 0.243 e. The maximum absolute atomic E-state index is 12.9. The van der Waals surface area contributed by atoms with E-state index >= 15 is 0 Å². The van der Waals surface area contributed by atoms with E-state index in [-0.39, 0.29) is 5.91 Å². The lowest BCUT2D eigenvalue weighted by molar-refractivity contribution is -0.129. The fourth-order valence-electron chi connectivity index (χ4n) is 3.40. The standard InChI is InChI=1S/C17H25N3O3S/c1-3-18-8-10-20(11-9-18)24(22,23)17-5-4-15-6-7-19(14(2)21)13-16(15)12-17/h4-5,12H,3,6-11,13H2,1-2H3. The van der Waals surface area contributed by atoms with Gasteiger partial charge >= 0.3 is 0 Å². The maximum Gasteiger partial charge on any atom is 0.243 e. The molecule has 132 valence electrons. The number of hydrogen-bond donors (Lipinski definition) is 0. The summed E-state index contributed by atoms with van der Waals surface area (Å²) in [6.45, 7) is 8.42. The molecule has 1 fully saturated rings. The van der Waals surface area contributed by atoms with Crippen LogP contribution in [0.4, 0.5) is 0 Å². The van der Waals surface area contributed by atoms with Gasteiger partial charge in [-0.05, 0) is 36.2 Å². The van der Waals surface area contributed by atoms with Crippen molar-refractivity contribution < 1.29 is 13.2 Å². The maximum atomic E-state index is 12.9. The molecule has 0 aromatic heterocycles. The highest BCUT2D eigenvalue weighted by atomic mass is 32.2. The Labute approximate surface area is 144 Å². The Balaban J connectivity index is 1.82. The summed E-state index contributed by atoms with van der Waals surface area (Å²) in [4.78, 5) is 16.0. The first-order valence-corrected chi connectivity index (χ1v) is 9.95. The Morgan fingerprint density at radius 2 is 1.79 bits per heavy atom. The fourth-order valence-corrected chi connectivity index (χ4v) is 4.87. The topological polar surface area (TPSA) is 60.9 Å². The first kappa shape index (κ1) is 17.4. The van der Waals surface area contributed by atoms with Gasteiger partial charge in [-0.15, -0.1) is 0 Å². The van der Waals surface area contributed by atoms with Crippen molar-refractivity contribution >= 4 is 15.9 Å². The Morgan fingerprint density at radius 3 is 2.42 bits per heavy atom. The molecular formula is C17H25N3O3S. The molecular weight excluding hydrogens is 326 g/mol. The largest absolute Gasteiger partial charge is 0.338 e. The van der Waals surface area contributed by atoms with E-state index in [2.05, 4.69) is 11.8 Å². The van der Waals surface area contributed by atoms with Gasteiger partial charge in [-0.2, -0.15) is 4.31 Å². The molecule has 2 aliphatic heterocycles. The molecule has 0 saturated carbocycles. The van der Waals surface area contributed by atoms with Gasteiger partial charge in [0.15, 0.2) is 0 Å². The van der Waals surface area contributed by atoms with Gasteiger partial charge in [0.05, 0.1) is 4.90 Å². The molecule has 0 unspecified atom stereocenters. The third kappa shape index (κ3) is 3.34. The number of amides is 1. The minimum absolute atomic E-state index is 0.0320. The highest BCUT2D eigenvalue weighted by Gasteiger charge is 2.29. The van der Waals surface area contributed by atoms with Gasteiger partial charge in [-0.3, -0.25) is 4.79 Å². The van der Waals surface area contributed by atoms with Gasteiger partial charge in [0.25, 0.3) is 0 Å². The first-order chi connectivity index (χ1) is 11.4. The summed E-state index contributed by atoms with van der Waals surface area (Å²) in [6, 6.07) is 5.37. The molecule has 0 aliphatic carbocycles. The number of hydrogen-bond acceptors (Lipinski definition) is 4. The predicted octanol–water partition coefficient (Wildman–Crippen LogP) is 0.917. The van der Waals surface area contributed by atoms with Crippen molar-refractivity contribution in [2.75, 3.05) is 39.3 Å². The average molecular weight is 351 g/mol. The SMILES string of the molecule is CCN1CCN(S(=O)(=O)c2ccc3c(c2)CN(C(C)=O)CC3)CC1. The number of nitrogens with zero attached hydrogens (tertiary/aromatic N) is 3. The van der Waals surface area contributed by atoms with Crippen LogP contribution in [-0.2, 0) is 27.8 Å². The zero-order chi connectivity index (χ0) is 17.3. The van der Waals surface area contributed by atoms with E-state index in [1.165, 1.54) is 0 Å². The summed E-state index contributed by atoms with van der Waals surface area (Å²) in [5, 5.41) is 0. The Morgan fingerprint density at radius 1 is 1.08 bits per heavy atom. The van der Waals surface area contributed by atoms with Crippen molar-refractivity contribution in [1.29, 1.82) is 0 Å².